The number of nitrogens with zero attached hydrogens (tertiary/aromatic N) is 1. The number of amides is 1. The lowest BCUT2D eigenvalue weighted by Crippen LogP contribution is -2.27. The number of hydrogen-bond acceptors (Lipinski definition) is 4. The second-order valence-electron chi connectivity index (χ2n) is 4.75. The zero-order chi connectivity index (χ0) is 13.9. The van der Waals surface area contributed by atoms with Crippen LogP contribution in [0.2, 0.25) is 0 Å². The Labute approximate surface area is 112 Å². The third kappa shape index (κ3) is 3.89. The van der Waals surface area contributed by atoms with E-state index in [0.29, 0.717) is 6.42 Å². The van der Waals surface area contributed by atoms with E-state index in [9.17, 15) is 13.2 Å². The average molecular weight is 280 g/mol. The van der Waals surface area contributed by atoms with Gasteiger partial charge in [-0.05, 0) is 18.9 Å². The van der Waals surface area contributed by atoms with Gasteiger partial charge in [-0.25, -0.2) is 13.8 Å². The minimum absolute atomic E-state index is 0.0706. The van der Waals surface area contributed by atoms with Gasteiger partial charge in [-0.15, -0.1) is 0 Å². The molecular formula is C13H16N2O3S. The maximum atomic E-state index is 11.7. The Morgan fingerprint density at radius 2 is 2.26 bits per heavy atom. The van der Waals surface area contributed by atoms with Gasteiger partial charge in [0.15, 0.2) is 9.84 Å². The molecule has 1 saturated heterocycles. The lowest BCUT2D eigenvalue weighted by Gasteiger charge is -2.04. The van der Waals surface area contributed by atoms with Gasteiger partial charge in [0.1, 0.15) is 0 Å². The summed E-state index contributed by atoms with van der Waals surface area (Å²) < 4.78 is 22.5. The summed E-state index contributed by atoms with van der Waals surface area (Å²) in [5, 5.41) is 3.86. The molecule has 102 valence electrons. The van der Waals surface area contributed by atoms with Crippen LogP contribution in [0, 0.1) is 12.8 Å². The quantitative estimate of drug-likeness (QED) is 0.659. The van der Waals surface area contributed by atoms with Gasteiger partial charge in [0.05, 0.1) is 23.6 Å². The molecule has 1 aromatic rings. The van der Waals surface area contributed by atoms with Crippen molar-refractivity contribution in [1.82, 2.24) is 5.43 Å². The Balaban J connectivity index is 1.91. The van der Waals surface area contributed by atoms with E-state index in [-0.39, 0.29) is 17.4 Å². The molecule has 1 fully saturated rings. The summed E-state index contributed by atoms with van der Waals surface area (Å²) >= 11 is 0. The van der Waals surface area contributed by atoms with Crippen LogP contribution >= 0.6 is 0 Å². The summed E-state index contributed by atoms with van der Waals surface area (Å²) in [6.45, 7) is 1.97. The highest BCUT2D eigenvalue weighted by molar-refractivity contribution is 7.91. The minimum Gasteiger partial charge on any atom is -0.273 e. The monoisotopic (exact) mass is 280 g/mol. The second-order valence-corrected chi connectivity index (χ2v) is 6.98. The molecule has 19 heavy (non-hydrogen) atoms. The SMILES string of the molecule is Cc1cccc(/C=N\NC(=O)[C@H]2CCS(=O)(=O)C2)c1. The number of carbonyl (C=O) groups is 1. The average Bonchev–Trinajstić information content (AvgIpc) is 2.70. The third-order valence-electron chi connectivity index (χ3n) is 3.03. The van der Waals surface area contributed by atoms with Gasteiger partial charge >= 0.3 is 0 Å². The Morgan fingerprint density at radius 1 is 1.47 bits per heavy atom. The molecule has 1 aromatic carbocycles. The topological polar surface area (TPSA) is 75.6 Å². The smallest absolute Gasteiger partial charge is 0.244 e. The highest BCUT2D eigenvalue weighted by atomic mass is 32.2. The van der Waals surface area contributed by atoms with Gasteiger partial charge in [-0.3, -0.25) is 4.79 Å². The number of benzene rings is 1. The molecule has 0 aliphatic carbocycles. The molecule has 0 unspecified atom stereocenters. The van der Waals surface area contributed by atoms with Gasteiger partial charge in [0.2, 0.25) is 5.91 Å². The van der Waals surface area contributed by atoms with Gasteiger partial charge in [0.25, 0.3) is 0 Å². The molecule has 1 heterocycles. The van der Waals surface area contributed by atoms with Gasteiger partial charge < -0.3 is 0 Å². The normalized spacial score (nSPS) is 21.6. The minimum atomic E-state index is -3.04. The van der Waals surface area contributed by atoms with Crippen LogP contribution in [0.3, 0.4) is 0 Å². The number of sulfone groups is 1. The molecule has 1 aliphatic rings. The largest absolute Gasteiger partial charge is 0.273 e. The summed E-state index contributed by atoms with van der Waals surface area (Å²) in [6.07, 6.45) is 1.93. The van der Waals surface area contributed by atoms with Crippen molar-refractivity contribution >= 4 is 22.0 Å². The number of nitrogens with one attached hydrogen (secondary N) is 1. The molecule has 0 spiro atoms. The fourth-order valence-corrected chi connectivity index (χ4v) is 3.76. The van der Waals surface area contributed by atoms with Crippen molar-refractivity contribution in [3.63, 3.8) is 0 Å². The summed E-state index contributed by atoms with van der Waals surface area (Å²) in [7, 11) is -3.04. The number of rotatable bonds is 3. The molecule has 1 N–H and O–H groups in total. The highest BCUT2D eigenvalue weighted by Gasteiger charge is 2.32. The Hall–Kier alpha value is -1.69. The van der Waals surface area contributed by atoms with Crippen molar-refractivity contribution in [2.75, 3.05) is 11.5 Å². The van der Waals surface area contributed by atoms with Crippen molar-refractivity contribution in [2.24, 2.45) is 11.0 Å². The maximum absolute atomic E-state index is 11.7. The predicted octanol–water partition coefficient (Wildman–Crippen LogP) is 0.880. The Kier molecular flexibility index (Phi) is 3.99. The lowest BCUT2D eigenvalue weighted by atomic mass is 10.1. The first-order chi connectivity index (χ1) is 8.96. The maximum Gasteiger partial charge on any atom is 0.244 e. The molecule has 1 aliphatic heterocycles. The van der Waals surface area contributed by atoms with Crippen LogP contribution in [0.4, 0.5) is 0 Å². The highest BCUT2D eigenvalue weighted by Crippen LogP contribution is 2.18. The first-order valence-corrected chi connectivity index (χ1v) is 7.88. The fraction of sp³-hybridized carbons (Fsp3) is 0.385. The van der Waals surface area contributed by atoms with Crippen LogP contribution in [-0.4, -0.2) is 32.0 Å². The molecule has 6 heteroatoms. The predicted molar refractivity (Wildman–Crippen MR) is 73.7 cm³/mol. The first kappa shape index (κ1) is 13.7. The Morgan fingerprint density at radius 3 is 2.89 bits per heavy atom. The van der Waals surface area contributed by atoms with E-state index in [2.05, 4.69) is 10.5 Å². The molecule has 0 radical (unpaired) electrons. The van der Waals surface area contributed by atoms with Crippen molar-refractivity contribution in [1.29, 1.82) is 0 Å². The van der Waals surface area contributed by atoms with Crippen LogP contribution in [-0.2, 0) is 14.6 Å². The fourth-order valence-electron chi connectivity index (χ4n) is 2.01. The van der Waals surface area contributed by atoms with Gasteiger partial charge in [-0.2, -0.15) is 5.10 Å². The van der Waals surface area contributed by atoms with E-state index in [1.165, 1.54) is 0 Å². The molecular weight excluding hydrogens is 264 g/mol. The summed E-state index contributed by atoms with van der Waals surface area (Å²) in [5.41, 5.74) is 4.39. The number of aryl methyl sites for hydroxylation is 1. The molecule has 5 nitrogen and oxygen atoms in total. The van der Waals surface area contributed by atoms with E-state index in [0.717, 1.165) is 11.1 Å². The number of hydrazone groups is 1. The van der Waals surface area contributed by atoms with E-state index >= 15 is 0 Å². The zero-order valence-corrected chi connectivity index (χ0v) is 11.5. The van der Waals surface area contributed by atoms with E-state index in [4.69, 9.17) is 0 Å². The summed E-state index contributed by atoms with van der Waals surface area (Å²) in [5.74, 6) is -0.782. The molecule has 2 rings (SSSR count). The molecule has 1 atom stereocenters. The van der Waals surface area contributed by atoms with Crippen LogP contribution in [0.25, 0.3) is 0 Å². The standard InChI is InChI=1S/C13H16N2O3S/c1-10-3-2-4-11(7-10)8-14-15-13(16)12-5-6-19(17,18)9-12/h2-4,7-8,12H,5-6,9H2,1H3,(H,15,16)/b14-8-/t12-/m0/s1. The molecule has 0 aromatic heterocycles. The summed E-state index contributed by atoms with van der Waals surface area (Å²) in [6, 6.07) is 7.69. The van der Waals surface area contributed by atoms with Crippen LogP contribution < -0.4 is 5.43 Å². The van der Waals surface area contributed by atoms with Crippen LogP contribution in [0.1, 0.15) is 17.5 Å². The Bertz CT molecular complexity index is 608. The van der Waals surface area contributed by atoms with E-state index in [1.54, 1.807) is 6.21 Å². The summed E-state index contributed by atoms with van der Waals surface area (Å²) in [4.78, 5) is 11.7. The van der Waals surface area contributed by atoms with Gasteiger partial charge in [-0.1, -0.05) is 29.8 Å². The van der Waals surface area contributed by atoms with Crippen molar-refractivity contribution in [2.45, 2.75) is 13.3 Å². The second kappa shape index (κ2) is 5.52. The molecule has 0 bridgehead atoms. The lowest BCUT2D eigenvalue weighted by molar-refractivity contribution is -0.124. The van der Waals surface area contributed by atoms with Crippen LogP contribution in [0.5, 0.6) is 0 Å². The first-order valence-electron chi connectivity index (χ1n) is 6.06. The van der Waals surface area contributed by atoms with Crippen molar-refractivity contribution in [3.8, 4) is 0 Å². The van der Waals surface area contributed by atoms with E-state index in [1.807, 2.05) is 31.2 Å². The van der Waals surface area contributed by atoms with Crippen molar-refractivity contribution < 1.29 is 13.2 Å². The van der Waals surface area contributed by atoms with Crippen LogP contribution in [0.15, 0.2) is 29.4 Å². The third-order valence-corrected chi connectivity index (χ3v) is 4.80. The number of hydrogen-bond donors (Lipinski definition) is 1. The number of carbonyl (C=O) groups excluding carboxylic acids is 1. The zero-order valence-electron chi connectivity index (χ0n) is 10.7. The van der Waals surface area contributed by atoms with E-state index < -0.39 is 15.8 Å². The molecule has 1 amide bonds. The van der Waals surface area contributed by atoms with Gasteiger partial charge in [0, 0.05) is 0 Å². The van der Waals surface area contributed by atoms with Crippen molar-refractivity contribution in [3.05, 3.63) is 35.4 Å². The molecule has 0 saturated carbocycles.